The summed E-state index contributed by atoms with van der Waals surface area (Å²) >= 11 is 1.43. The number of anilines is 1. The number of carbonyl (C=O) groups is 1. The molecule has 1 aromatic carbocycles. The number of amides is 2. The number of aryl methyl sites for hydroxylation is 1. The van der Waals surface area contributed by atoms with E-state index in [1.807, 2.05) is 36.1 Å². The van der Waals surface area contributed by atoms with Gasteiger partial charge in [0.1, 0.15) is 17.9 Å². The molecule has 2 aliphatic heterocycles. The minimum Gasteiger partial charge on any atom is -0.491 e. The topological polar surface area (TPSA) is 95.0 Å². The molecule has 9 nitrogen and oxygen atoms in total. The standard InChI is InChI=1S/C26H32N4O5S/c1-17-20(18-5-4-6-19(15-18)35-14-13-32-2)22-21(23(27-17)33-3)28-24(36-22)29-25(31)30-10-7-26(16-30)8-11-34-12-9-26/h4-6,15H,7-14,16H2,1-3H3,(H,28,29,31). The van der Waals surface area contributed by atoms with Crippen LogP contribution in [0.5, 0.6) is 11.6 Å². The van der Waals surface area contributed by atoms with E-state index in [-0.39, 0.29) is 11.4 Å². The quantitative estimate of drug-likeness (QED) is 0.457. The van der Waals surface area contributed by atoms with Gasteiger partial charge < -0.3 is 23.8 Å². The second kappa shape index (κ2) is 10.6. The Kier molecular flexibility index (Phi) is 7.27. The van der Waals surface area contributed by atoms with Crippen LogP contribution < -0.4 is 14.8 Å². The number of benzene rings is 1. The lowest BCUT2D eigenvalue weighted by Crippen LogP contribution is -2.37. The first kappa shape index (κ1) is 24.7. The highest BCUT2D eigenvalue weighted by Crippen LogP contribution is 2.42. The summed E-state index contributed by atoms with van der Waals surface area (Å²) in [4.78, 5) is 24.4. The predicted molar refractivity (Wildman–Crippen MR) is 139 cm³/mol. The number of hydrogen-bond donors (Lipinski definition) is 1. The van der Waals surface area contributed by atoms with Gasteiger partial charge in [0.25, 0.3) is 0 Å². The maximum absolute atomic E-state index is 13.1. The zero-order valence-corrected chi connectivity index (χ0v) is 21.8. The fourth-order valence-corrected chi connectivity index (χ4v) is 6.14. The molecule has 10 heteroatoms. The van der Waals surface area contributed by atoms with Gasteiger partial charge in [-0.15, -0.1) is 0 Å². The summed E-state index contributed by atoms with van der Waals surface area (Å²) in [6.45, 7) is 6.01. The lowest BCUT2D eigenvalue weighted by atomic mass is 9.80. The van der Waals surface area contributed by atoms with E-state index in [2.05, 4.69) is 10.3 Å². The van der Waals surface area contributed by atoms with Crippen molar-refractivity contribution in [2.75, 3.05) is 59.1 Å². The zero-order chi connectivity index (χ0) is 25.1. The maximum atomic E-state index is 13.1. The van der Waals surface area contributed by atoms with Crippen molar-refractivity contribution >= 4 is 32.7 Å². The van der Waals surface area contributed by atoms with Crippen LogP contribution >= 0.6 is 11.3 Å². The number of methoxy groups -OCH3 is 2. The van der Waals surface area contributed by atoms with Crippen LogP contribution in [0.4, 0.5) is 9.93 Å². The second-order valence-corrected chi connectivity index (χ2v) is 10.4. The Morgan fingerprint density at radius 3 is 2.81 bits per heavy atom. The summed E-state index contributed by atoms with van der Waals surface area (Å²) in [6.07, 6.45) is 3.04. The van der Waals surface area contributed by atoms with Crippen LogP contribution in [0.1, 0.15) is 25.0 Å². The van der Waals surface area contributed by atoms with Crippen LogP contribution in [0.2, 0.25) is 0 Å². The average Bonchev–Trinajstić information content (AvgIpc) is 3.48. The number of nitrogens with zero attached hydrogens (tertiary/aromatic N) is 3. The predicted octanol–water partition coefficient (Wildman–Crippen LogP) is 4.73. The molecule has 1 N–H and O–H groups in total. The number of urea groups is 1. The summed E-state index contributed by atoms with van der Waals surface area (Å²) in [5.41, 5.74) is 3.55. The van der Waals surface area contributed by atoms with E-state index in [1.165, 1.54) is 11.3 Å². The van der Waals surface area contributed by atoms with Gasteiger partial charge in [-0.3, -0.25) is 5.32 Å². The third-order valence-corrected chi connectivity index (χ3v) is 8.04. The van der Waals surface area contributed by atoms with Gasteiger partial charge in [0.05, 0.1) is 24.1 Å². The molecule has 2 saturated heterocycles. The van der Waals surface area contributed by atoms with Crippen LogP contribution in [0.3, 0.4) is 0 Å². The molecule has 2 aromatic heterocycles. The van der Waals surface area contributed by atoms with Crippen LogP contribution in [0.25, 0.3) is 21.3 Å². The molecular formula is C26H32N4O5S. The normalized spacial score (nSPS) is 17.0. The highest BCUT2D eigenvalue weighted by molar-refractivity contribution is 7.23. The van der Waals surface area contributed by atoms with Gasteiger partial charge in [-0.25, -0.2) is 14.8 Å². The minimum atomic E-state index is -0.115. The third kappa shape index (κ3) is 4.98. The molecule has 0 unspecified atom stereocenters. The zero-order valence-electron chi connectivity index (χ0n) is 21.0. The van der Waals surface area contributed by atoms with Crippen LogP contribution in [0.15, 0.2) is 24.3 Å². The van der Waals surface area contributed by atoms with Crippen LogP contribution in [-0.4, -0.2) is 74.6 Å². The van der Waals surface area contributed by atoms with Crippen molar-refractivity contribution in [3.63, 3.8) is 0 Å². The summed E-state index contributed by atoms with van der Waals surface area (Å²) in [7, 11) is 3.23. The fourth-order valence-electron chi connectivity index (χ4n) is 5.07. The first-order valence-corrected chi connectivity index (χ1v) is 13.0. The van der Waals surface area contributed by atoms with E-state index in [4.69, 9.17) is 23.9 Å². The Hall–Kier alpha value is -2.95. The number of nitrogens with one attached hydrogen (secondary N) is 1. The number of fused-ring (bicyclic) bond motifs is 1. The number of hydrogen-bond acceptors (Lipinski definition) is 8. The first-order valence-electron chi connectivity index (χ1n) is 12.2. The van der Waals surface area contributed by atoms with Gasteiger partial charge in [0.15, 0.2) is 5.13 Å². The molecule has 0 saturated carbocycles. The Bertz CT molecular complexity index is 1240. The van der Waals surface area contributed by atoms with E-state index < -0.39 is 0 Å². The van der Waals surface area contributed by atoms with E-state index in [1.54, 1.807) is 14.2 Å². The van der Waals surface area contributed by atoms with Gasteiger partial charge in [-0.2, -0.15) is 0 Å². The molecule has 36 heavy (non-hydrogen) atoms. The lowest BCUT2D eigenvalue weighted by Gasteiger charge is -2.33. The number of carbonyl (C=O) groups excluding carboxylic acids is 1. The number of pyridine rings is 1. The van der Waals surface area contributed by atoms with Crippen molar-refractivity contribution in [1.82, 2.24) is 14.9 Å². The van der Waals surface area contributed by atoms with E-state index in [0.29, 0.717) is 29.7 Å². The molecule has 0 atom stereocenters. The molecule has 2 fully saturated rings. The van der Waals surface area contributed by atoms with Crippen molar-refractivity contribution in [3.05, 3.63) is 30.0 Å². The van der Waals surface area contributed by atoms with E-state index in [0.717, 1.165) is 72.8 Å². The molecule has 2 aliphatic rings. The van der Waals surface area contributed by atoms with Gasteiger partial charge in [-0.1, -0.05) is 23.5 Å². The Morgan fingerprint density at radius 1 is 1.19 bits per heavy atom. The smallest absolute Gasteiger partial charge is 0.323 e. The van der Waals surface area contributed by atoms with Gasteiger partial charge in [-0.05, 0) is 49.3 Å². The Labute approximate surface area is 214 Å². The highest BCUT2D eigenvalue weighted by atomic mass is 32.1. The van der Waals surface area contributed by atoms with Crippen LogP contribution in [0, 0.1) is 12.3 Å². The van der Waals surface area contributed by atoms with Crippen molar-refractivity contribution in [1.29, 1.82) is 0 Å². The Morgan fingerprint density at radius 2 is 2.03 bits per heavy atom. The number of thiazole rings is 1. The largest absolute Gasteiger partial charge is 0.491 e. The first-order chi connectivity index (χ1) is 17.5. The van der Waals surface area contributed by atoms with Gasteiger partial charge in [0, 0.05) is 39.0 Å². The second-order valence-electron chi connectivity index (χ2n) is 9.36. The third-order valence-electron chi connectivity index (χ3n) is 7.05. The number of rotatable bonds is 7. The van der Waals surface area contributed by atoms with Gasteiger partial charge in [0.2, 0.25) is 5.88 Å². The summed E-state index contributed by atoms with van der Waals surface area (Å²) in [5, 5.41) is 3.56. The number of ether oxygens (including phenoxy) is 4. The van der Waals surface area contributed by atoms with Crippen molar-refractivity contribution in [2.24, 2.45) is 5.41 Å². The Balaban J connectivity index is 1.42. The summed E-state index contributed by atoms with van der Waals surface area (Å²) in [5.74, 6) is 1.19. The minimum absolute atomic E-state index is 0.115. The monoisotopic (exact) mass is 512 g/mol. The molecule has 0 aliphatic carbocycles. The molecule has 0 radical (unpaired) electrons. The van der Waals surface area contributed by atoms with Crippen molar-refractivity contribution in [3.8, 4) is 22.8 Å². The molecule has 1 spiro atoms. The summed E-state index contributed by atoms with van der Waals surface area (Å²) in [6, 6.07) is 7.77. The van der Waals surface area contributed by atoms with Crippen molar-refractivity contribution in [2.45, 2.75) is 26.2 Å². The molecular weight excluding hydrogens is 480 g/mol. The molecule has 4 heterocycles. The van der Waals surface area contributed by atoms with Gasteiger partial charge >= 0.3 is 6.03 Å². The maximum Gasteiger partial charge on any atom is 0.323 e. The molecule has 5 rings (SSSR count). The molecule has 192 valence electrons. The SMILES string of the molecule is COCCOc1cccc(-c2c(C)nc(OC)c3nc(NC(=O)N4CCC5(CCOCC5)C4)sc23)c1. The highest BCUT2D eigenvalue weighted by Gasteiger charge is 2.41. The number of aromatic nitrogens is 2. The number of likely N-dealkylation sites (tertiary alicyclic amines) is 1. The average molecular weight is 513 g/mol. The molecule has 3 aromatic rings. The molecule has 2 amide bonds. The molecule has 0 bridgehead atoms. The lowest BCUT2D eigenvalue weighted by molar-refractivity contribution is 0.0211. The van der Waals surface area contributed by atoms with Crippen LogP contribution in [-0.2, 0) is 9.47 Å². The fraction of sp³-hybridized carbons (Fsp3) is 0.500. The summed E-state index contributed by atoms with van der Waals surface area (Å²) < 4.78 is 22.9. The van der Waals surface area contributed by atoms with E-state index >= 15 is 0 Å². The van der Waals surface area contributed by atoms with Crippen molar-refractivity contribution < 1.29 is 23.7 Å². The van der Waals surface area contributed by atoms with E-state index in [9.17, 15) is 4.79 Å².